The van der Waals surface area contributed by atoms with E-state index in [0.29, 0.717) is 17.2 Å². The van der Waals surface area contributed by atoms with Crippen LogP contribution in [0.3, 0.4) is 0 Å². The van der Waals surface area contributed by atoms with E-state index in [1.807, 2.05) is 18.2 Å². The van der Waals surface area contributed by atoms with Crippen LogP contribution in [0.5, 0.6) is 17.2 Å². The van der Waals surface area contributed by atoms with Gasteiger partial charge in [0.05, 0.1) is 0 Å². The third kappa shape index (κ3) is 9.20. The molecule has 0 heterocycles. The van der Waals surface area contributed by atoms with E-state index in [-0.39, 0.29) is 28.1 Å². The van der Waals surface area contributed by atoms with Crippen molar-refractivity contribution in [1.82, 2.24) is 0 Å². The second-order valence-corrected chi connectivity index (χ2v) is 15.9. The quantitative estimate of drug-likeness (QED) is 0.157. The summed E-state index contributed by atoms with van der Waals surface area (Å²) in [5.41, 5.74) is 9.11. The average Bonchev–Trinajstić information content (AvgIpc) is 2.80. The molecule has 0 fully saturated rings. The van der Waals surface area contributed by atoms with Gasteiger partial charge in [0.1, 0.15) is 17.2 Å². The van der Waals surface area contributed by atoms with Gasteiger partial charge < -0.3 is 30.0 Å². The van der Waals surface area contributed by atoms with Gasteiger partial charge in [-0.05, 0) is 118 Å². The van der Waals surface area contributed by atoms with E-state index in [0.717, 1.165) is 39.8 Å². The zero-order valence-corrected chi connectivity index (χ0v) is 29.9. The molecule has 0 bridgehead atoms. The molecule has 0 saturated carbocycles. The van der Waals surface area contributed by atoms with Crippen molar-refractivity contribution in [3.63, 3.8) is 0 Å². The summed E-state index contributed by atoms with van der Waals surface area (Å²) in [4.78, 5) is 21.7. The molecular formula is C37H55O6P. The molecule has 1 unspecified atom stereocenters. The van der Waals surface area contributed by atoms with Crippen LogP contribution in [0.4, 0.5) is 0 Å². The summed E-state index contributed by atoms with van der Waals surface area (Å²) >= 11 is 0. The van der Waals surface area contributed by atoms with Gasteiger partial charge >= 0.3 is 8.60 Å². The van der Waals surface area contributed by atoms with Crippen LogP contribution >= 0.6 is 8.60 Å². The minimum absolute atomic E-state index is 0.0460. The fourth-order valence-electron chi connectivity index (χ4n) is 6.11. The second kappa shape index (κ2) is 13.8. The zero-order valence-electron chi connectivity index (χ0n) is 29.0. The first-order chi connectivity index (χ1) is 19.9. The van der Waals surface area contributed by atoms with E-state index < -0.39 is 8.60 Å². The Hall–Kier alpha value is -2.63. The Labute approximate surface area is 266 Å². The number of benzene rings is 3. The molecule has 0 amide bonds. The van der Waals surface area contributed by atoms with Crippen LogP contribution in [-0.2, 0) is 16.2 Å². The molecule has 0 saturated heterocycles. The molecule has 44 heavy (non-hydrogen) atoms. The smallest absolute Gasteiger partial charge is 0.324 e. The molecule has 1 atom stereocenters. The summed E-state index contributed by atoms with van der Waals surface area (Å²) in [6.07, 6.45) is 0.847. The average molecular weight is 627 g/mol. The van der Waals surface area contributed by atoms with Crippen LogP contribution in [0.2, 0.25) is 0 Å². The van der Waals surface area contributed by atoms with E-state index in [2.05, 4.69) is 108 Å². The second-order valence-electron chi connectivity index (χ2n) is 15.4. The monoisotopic (exact) mass is 626 g/mol. The van der Waals surface area contributed by atoms with Crippen molar-refractivity contribution in [2.24, 2.45) is 0 Å². The van der Waals surface area contributed by atoms with Gasteiger partial charge in [-0.1, -0.05) is 87.4 Å². The molecule has 3 aromatic carbocycles. The largest absolute Gasteiger partial charge is 0.508 e. The minimum Gasteiger partial charge on any atom is -0.508 e. The molecule has 0 radical (unpaired) electrons. The third-order valence-electron chi connectivity index (χ3n) is 8.45. The van der Waals surface area contributed by atoms with Crippen LogP contribution in [0.15, 0.2) is 36.4 Å². The lowest BCUT2D eigenvalue weighted by Crippen LogP contribution is -2.17. The van der Waals surface area contributed by atoms with Crippen molar-refractivity contribution in [3.05, 3.63) is 86.5 Å². The van der Waals surface area contributed by atoms with Crippen molar-refractivity contribution in [3.8, 4) is 17.2 Å². The van der Waals surface area contributed by atoms with Crippen LogP contribution in [0.25, 0.3) is 0 Å². The summed E-state index contributed by atoms with van der Waals surface area (Å²) in [6, 6.07) is 12.3. The normalized spacial score (nSPS) is 13.2. The van der Waals surface area contributed by atoms with Crippen molar-refractivity contribution in [1.29, 1.82) is 0 Å². The summed E-state index contributed by atoms with van der Waals surface area (Å²) in [7, 11) is -2.62. The van der Waals surface area contributed by atoms with Crippen molar-refractivity contribution in [2.45, 2.75) is 125 Å². The highest BCUT2D eigenvalue weighted by Gasteiger charge is 2.30. The molecule has 0 aromatic heterocycles. The topological polar surface area (TPSA) is 121 Å². The van der Waals surface area contributed by atoms with Crippen molar-refractivity contribution >= 4 is 8.60 Å². The maximum atomic E-state index is 10.9. The SMILES string of the molecule is Cc1cc(O)c(C(C)(C)C)cc1C(C)CC(c1cc(C(C)(C)C)c(O)cc1C)c1cc(C(C)(C)C)c(O)cc1C.OP(O)O. The number of phenolic OH excluding ortho intramolecular Hbond substituents is 3. The molecule has 6 nitrogen and oxygen atoms in total. The Morgan fingerprint density at radius 2 is 0.773 bits per heavy atom. The van der Waals surface area contributed by atoms with Crippen molar-refractivity contribution < 1.29 is 30.0 Å². The highest BCUT2D eigenvalue weighted by molar-refractivity contribution is 7.38. The minimum atomic E-state index is -2.62. The molecular weight excluding hydrogens is 571 g/mol. The molecule has 0 aliphatic heterocycles. The van der Waals surface area contributed by atoms with Gasteiger partial charge in [0, 0.05) is 5.92 Å². The third-order valence-corrected chi connectivity index (χ3v) is 8.45. The van der Waals surface area contributed by atoms with E-state index >= 15 is 0 Å². The van der Waals surface area contributed by atoms with Gasteiger partial charge in [-0.3, -0.25) is 0 Å². The maximum Gasteiger partial charge on any atom is 0.324 e. The Morgan fingerprint density at radius 1 is 0.523 bits per heavy atom. The first-order valence-electron chi connectivity index (χ1n) is 15.2. The van der Waals surface area contributed by atoms with Gasteiger partial charge in [-0.15, -0.1) is 0 Å². The predicted octanol–water partition coefficient (Wildman–Crippen LogP) is 9.14. The Balaban J connectivity index is 0.00000159. The maximum absolute atomic E-state index is 10.9. The fourth-order valence-corrected chi connectivity index (χ4v) is 6.11. The lowest BCUT2D eigenvalue weighted by atomic mass is 9.74. The number of aromatic hydroxyl groups is 3. The molecule has 0 spiro atoms. The number of aryl methyl sites for hydroxylation is 3. The van der Waals surface area contributed by atoms with Gasteiger partial charge in [0.25, 0.3) is 0 Å². The molecule has 0 aliphatic carbocycles. The molecule has 244 valence electrons. The summed E-state index contributed by atoms with van der Waals surface area (Å²) in [5, 5.41) is 32.6. The lowest BCUT2D eigenvalue weighted by molar-refractivity contribution is 0.368. The molecule has 7 heteroatoms. The van der Waals surface area contributed by atoms with E-state index in [1.165, 1.54) is 16.7 Å². The van der Waals surface area contributed by atoms with Crippen LogP contribution in [-0.4, -0.2) is 30.0 Å². The fraction of sp³-hybridized carbons (Fsp3) is 0.514. The number of hydrogen-bond acceptors (Lipinski definition) is 6. The van der Waals surface area contributed by atoms with Crippen LogP contribution in [0, 0.1) is 20.8 Å². The Bertz CT molecular complexity index is 1380. The van der Waals surface area contributed by atoms with Gasteiger partial charge in [-0.2, -0.15) is 0 Å². The number of phenols is 3. The summed E-state index contributed by atoms with van der Waals surface area (Å²) < 4.78 is 0. The van der Waals surface area contributed by atoms with Crippen LogP contribution < -0.4 is 0 Å². The molecule has 3 aromatic rings. The summed E-state index contributed by atoms with van der Waals surface area (Å²) in [6.45, 7) is 27.7. The molecule has 3 rings (SSSR count). The van der Waals surface area contributed by atoms with E-state index in [9.17, 15) is 15.3 Å². The molecule has 0 aliphatic rings. The highest BCUT2D eigenvalue weighted by Crippen LogP contribution is 2.45. The predicted molar refractivity (Wildman–Crippen MR) is 183 cm³/mol. The first-order valence-corrected chi connectivity index (χ1v) is 16.4. The number of hydrogen-bond donors (Lipinski definition) is 6. The van der Waals surface area contributed by atoms with E-state index in [4.69, 9.17) is 14.7 Å². The van der Waals surface area contributed by atoms with Crippen molar-refractivity contribution in [2.75, 3.05) is 0 Å². The van der Waals surface area contributed by atoms with Crippen LogP contribution in [0.1, 0.15) is 138 Å². The zero-order chi connectivity index (χ0) is 34.1. The highest BCUT2D eigenvalue weighted by atomic mass is 31.2. The Kier molecular flexibility index (Phi) is 11.8. The summed E-state index contributed by atoms with van der Waals surface area (Å²) in [5.74, 6) is 1.27. The lowest BCUT2D eigenvalue weighted by Gasteiger charge is -2.31. The standard InChI is InChI=1S/C37H52O3.H3O3P/c1-21(25-18-29(35(5,6)7)32(38)15-22(25)2)14-28(26-19-30(36(8,9)10)33(39)16-23(26)3)27-20-31(37(11,12)13)34(40)17-24(27)4;1-4(2)3/h15-21,28,38-40H,14H2,1-13H3;1-3H. The van der Waals surface area contributed by atoms with Gasteiger partial charge in [0.2, 0.25) is 0 Å². The van der Waals surface area contributed by atoms with E-state index in [1.54, 1.807) is 0 Å². The Morgan fingerprint density at radius 3 is 1.05 bits per heavy atom. The molecule has 6 N–H and O–H groups in total. The van der Waals surface area contributed by atoms with Gasteiger partial charge in [-0.25, -0.2) is 0 Å². The van der Waals surface area contributed by atoms with Gasteiger partial charge in [0.15, 0.2) is 0 Å². The first kappa shape index (κ1) is 37.6. The number of rotatable bonds is 5.